The van der Waals surface area contributed by atoms with Crippen molar-refractivity contribution in [2.24, 2.45) is 17.8 Å². The molecule has 6 atom stereocenters. The molecule has 18 nitrogen and oxygen atoms in total. The van der Waals surface area contributed by atoms with Gasteiger partial charge >= 0.3 is 0 Å². The number of aliphatic hydroxyl groups is 1. The number of hydrogen-bond acceptors (Lipinski definition) is 14. The number of rotatable bonds is 25. The number of piperazine rings is 1. The van der Waals surface area contributed by atoms with Crippen molar-refractivity contribution in [2.45, 2.75) is 213 Å². The van der Waals surface area contributed by atoms with Gasteiger partial charge in [0, 0.05) is 136 Å². The first-order valence-electron chi connectivity index (χ1n) is 33.1. The third kappa shape index (κ3) is 20.0. The Balaban J connectivity index is 0.000000432. The van der Waals surface area contributed by atoms with E-state index in [1.807, 2.05) is 17.0 Å². The lowest BCUT2D eigenvalue weighted by atomic mass is 9.82. The predicted octanol–water partition coefficient (Wildman–Crippen LogP) is 6.48. The Morgan fingerprint density at radius 3 is 2.06 bits per heavy atom. The van der Waals surface area contributed by atoms with Gasteiger partial charge < -0.3 is 45.4 Å². The maximum Gasteiger partial charge on any atom is 0.251 e. The monoisotopic (exact) mass is 1220 g/mol. The number of morpholine rings is 2. The molecule has 3 saturated heterocycles. The molecule has 20 heteroatoms. The first kappa shape index (κ1) is 70.1. The Kier molecular flexibility index (Phi) is 25.8. The fourth-order valence-corrected chi connectivity index (χ4v) is 14.0. The topological polar surface area (TPSA) is 208 Å². The molecule has 0 bridgehead atoms. The highest BCUT2D eigenvalue weighted by Gasteiger charge is 2.41. The molecule has 0 aromatic carbocycles. The number of ketones is 1. The van der Waals surface area contributed by atoms with Gasteiger partial charge in [-0.25, -0.2) is 8.78 Å². The highest BCUT2D eigenvalue weighted by molar-refractivity contribution is 5.97. The Morgan fingerprint density at radius 2 is 1.45 bits per heavy atom. The van der Waals surface area contributed by atoms with E-state index in [1.54, 1.807) is 6.92 Å². The van der Waals surface area contributed by atoms with Crippen LogP contribution in [0.5, 0.6) is 0 Å². The van der Waals surface area contributed by atoms with E-state index in [9.17, 15) is 37.9 Å². The molecule has 87 heavy (non-hydrogen) atoms. The number of ether oxygens (including phenoxy) is 2. The highest BCUT2D eigenvalue weighted by atomic mass is 19.1. The van der Waals surface area contributed by atoms with Gasteiger partial charge in [-0.1, -0.05) is 62.0 Å². The van der Waals surface area contributed by atoms with Crippen LogP contribution in [0.1, 0.15) is 162 Å². The quantitative estimate of drug-likeness (QED) is 0.0630. The van der Waals surface area contributed by atoms with Crippen LogP contribution in [0, 0.1) is 24.7 Å². The standard InChI is InChI=1S/C49H82FN9O7.C18H28FNO/c1-9-39(57(23-32(2)3)30-45(62)59-31-49(7,8)46-42(59)19-37(47(63)54-46)18-36-10-12-38(50)13-11-36)26-55-15-17-66-44(29-55)48(64)53-22-41(61)21-52-35(6)43-28-56(14-16-65-43)27-40-20-51-33(4)24-58(40)25-34(5)60;1-5-18(3,4)16-12(2)10-14(17(21)20-16)11-13-6-8-15(19)9-7-13/h19,32-33,36,38-41,43-44,51-52,61H,6,9-18,20-31H2,1-5,7-8H3,(H,53,64)(H,54,63);10,13,15H,5-9,11H2,1-4H3,(H,20,21)/t33-,36?,38?,39?,40?,41?,43+,44+;/m1./s1. The minimum atomic E-state index is -0.866. The molecule has 4 aliphatic heterocycles. The van der Waals surface area contributed by atoms with Crippen molar-refractivity contribution < 1.29 is 37.7 Å². The normalized spacial score (nSPS) is 26.4. The van der Waals surface area contributed by atoms with Crippen LogP contribution in [0.2, 0.25) is 0 Å². The van der Waals surface area contributed by atoms with Gasteiger partial charge in [0.05, 0.1) is 38.1 Å². The number of carbonyl (C=O) groups is 3. The van der Waals surface area contributed by atoms with Gasteiger partial charge in [-0.15, -0.1) is 0 Å². The second-order valence-corrected chi connectivity index (χ2v) is 28.3. The third-order valence-electron chi connectivity index (χ3n) is 19.4. The molecule has 0 radical (unpaired) electrons. The average Bonchev–Trinajstić information content (AvgIpc) is 2.63. The van der Waals surface area contributed by atoms with Gasteiger partial charge in [0.15, 0.2) is 0 Å². The second kappa shape index (κ2) is 32.0. The molecule has 2 aromatic heterocycles. The van der Waals surface area contributed by atoms with Crippen molar-refractivity contribution in [1.29, 1.82) is 0 Å². The summed E-state index contributed by atoms with van der Waals surface area (Å²) in [6, 6.07) is 4.57. The van der Waals surface area contributed by atoms with Crippen LogP contribution in [0.25, 0.3) is 0 Å². The number of fused-ring (bicyclic) bond motifs is 1. The second-order valence-electron chi connectivity index (χ2n) is 28.3. The largest absolute Gasteiger partial charge is 0.389 e. The lowest BCUT2D eigenvalue weighted by molar-refractivity contribution is -0.139. The van der Waals surface area contributed by atoms with Crippen LogP contribution < -0.4 is 32.0 Å². The summed E-state index contributed by atoms with van der Waals surface area (Å²) in [7, 11) is 0. The number of nitrogens with zero attached hydrogens (tertiary/aromatic N) is 5. The molecular formula is C67H110F2N10O8. The molecule has 2 aromatic rings. The molecule has 490 valence electrons. The van der Waals surface area contributed by atoms with Crippen LogP contribution in [0.15, 0.2) is 34.0 Å². The number of nitrogens with one attached hydrogen (secondary N) is 5. The summed E-state index contributed by atoms with van der Waals surface area (Å²) in [6.45, 7) is 35.8. The van der Waals surface area contributed by atoms with E-state index in [2.05, 4.69) is 121 Å². The molecule has 2 saturated carbocycles. The SMILES string of the molecule is C=C(NCC(O)CNC(=O)[C@@H]1CN(CC(CC)N(CC(=O)N2CC(C)(C)c3[nH]c(=O)c(CC4CCC(F)CC4)cc32)CC(C)C)CCO1)[C@@H]1CN(CC2CN[C@H](C)CN2CC(C)=O)CCO1.CCC(C)(C)c1[nH]c(=O)c(CC2CCC(F)CC2)cc1C. The molecule has 2 amide bonds. The summed E-state index contributed by atoms with van der Waals surface area (Å²) >= 11 is 0. The fourth-order valence-electron chi connectivity index (χ4n) is 14.0. The molecule has 2 aliphatic carbocycles. The van der Waals surface area contributed by atoms with E-state index in [-0.39, 0.29) is 77.9 Å². The van der Waals surface area contributed by atoms with Gasteiger partial charge in [0.25, 0.3) is 17.0 Å². The summed E-state index contributed by atoms with van der Waals surface area (Å²) in [5.41, 5.74) is 5.46. The number of aromatic amines is 2. The van der Waals surface area contributed by atoms with Crippen molar-refractivity contribution >= 4 is 23.3 Å². The van der Waals surface area contributed by atoms with Crippen molar-refractivity contribution in [3.63, 3.8) is 0 Å². The molecule has 6 heterocycles. The highest BCUT2D eigenvalue weighted by Crippen LogP contribution is 2.40. The Labute approximate surface area is 518 Å². The first-order chi connectivity index (χ1) is 41.2. The number of pyridine rings is 2. The molecule has 8 rings (SSSR count). The van der Waals surface area contributed by atoms with E-state index in [0.717, 1.165) is 106 Å². The number of alkyl halides is 2. The number of anilines is 1. The third-order valence-corrected chi connectivity index (χ3v) is 19.4. The number of aryl methyl sites for hydroxylation is 1. The van der Waals surface area contributed by atoms with Crippen LogP contribution in [-0.4, -0.2) is 206 Å². The van der Waals surface area contributed by atoms with Crippen LogP contribution in [0.3, 0.4) is 0 Å². The van der Waals surface area contributed by atoms with Gasteiger partial charge in [-0.3, -0.25) is 43.6 Å². The lowest BCUT2D eigenvalue weighted by Gasteiger charge is -2.43. The van der Waals surface area contributed by atoms with Gasteiger partial charge in [-0.05, 0) is 133 Å². The van der Waals surface area contributed by atoms with Crippen molar-refractivity contribution in [3.8, 4) is 0 Å². The fraction of sp³-hybridized carbons (Fsp3) is 0.776. The van der Waals surface area contributed by atoms with Crippen molar-refractivity contribution in [1.82, 2.24) is 45.5 Å². The molecule has 6 N–H and O–H groups in total. The van der Waals surface area contributed by atoms with E-state index in [1.165, 1.54) is 0 Å². The van der Waals surface area contributed by atoms with Crippen LogP contribution in [-0.2, 0) is 47.5 Å². The number of H-pyrrole nitrogens is 2. The maximum atomic E-state index is 14.4. The van der Waals surface area contributed by atoms with Gasteiger partial charge in [0.1, 0.15) is 30.3 Å². The van der Waals surface area contributed by atoms with Crippen molar-refractivity contribution in [2.75, 3.05) is 110 Å². The maximum absolute atomic E-state index is 14.4. The number of carbonyl (C=O) groups excluding carboxylic acids is 3. The van der Waals surface area contributed by atoms with E-state index in [0.29, 0.717) is 114 Å². The average molecular weight is 1220 g/mol. The summed E-state index contributed by atoms with van der Waals surface area (Å²) in [5, 5.41) is 20.5. The molecule has 0 spiro atoms. The van der Waals surface area contributed by atoms with Crippen molar-refractivity contribution in [3.05, 3.63) is 73.2 Å². The molecule has 3 unspecified atom stereocenters. The summed E-state index contributed by atoms with van der Waals surface area (Å²) in [6.07, 6.45) is 5.69. The summed E-state index contributed by atoms with van der Waals surface area (Å²) < 4.78 is 39.1. The van der Waals surface area contributed by atoms with Crippen LogP contribution >= 0.6 is 0 Å². The molecule has 6 aliphatic rings. The smallest absolute Gasteiger partial charge is 0.251 e. The van der Waals surface area contributed by atoms with E-state index < -0.39 is 30.0 Å². The number of amides is 2. The van der Waals surface area contributed by atoms with Crippen LogP contribution in [0.4, 0.5) is 14.5 Å². The molecule has 5 fully saturated rings. The Hall–Kier alpha value is -4.41. The van der Waals surface area contributed by atoms with E-state index in [4.69, 9.17) is 9.47 Å². The Bertz CT molecular complexity index is 2700. The minimum absolute atomic E-state index is 0.00589. The predicted molar refractivity (Wildman–Crippen MR) is 341 cm³/mol. The number of aliphatic hydroxyl groups excluding tert-OH is 1. The zero-order valence-electron chi connectivity index (χ0n) is 54.8. The zero-order valence-corrected chi connectivity index (χ0v) is 54.8. The minimum Gasteiger partial charge on any atom is -0.389 e. The Morgan fingerprint density at radius 1 is 0.862 bits per heavy atom. The van der Waals surface area contributed by atoms with Gasteiger partial charge in [0.2, 0.25) is 5.91 Å². The van der Waals surface area contributed by atoms with Gasteiger partial charge in [-0.2, -0.15) is 0 Å². The number of Topliss-reactive ketones (excluding diaryl/α,β-unsaturated/α-hetero) is 1. The number of hydrogen-bond donors (Lipinski definition) is 6. The summed E-state index contributed by atoms with van der Waals surface area (Å²) in [4.78, 5) is 82.7. The number of halogens is 2. The zero-order chi connectivity index (χ0) is 63.3. The first-order valence-corrected chi connectivity index (χ1v) is 33.1. The molecular weight excluding hydrogens is 1110 g/mol. The summed E-state index contributed by atoms with van der Waals surface area (Å²) in [5.74, 6) is 0.906. The van der Waals surface area contributed by atoms with E-state index >= 15 is 0 Å². The number of aromatic nitrogens is 2. The lowest BCUT2D eigenvalue weighted by Crippen LogP contribution is -2.61.